The fourth-order valence-electron chi connectivity index (χ4n) is 5.38. The molecular formula is C32H48N2O3. The summed E-state index contributed by atoms with van der Waals surface area (Å²) in [5.74, 6) is 0.403. The number of para-hydroxylation sites is 1. The summed E-state index contributed by atoms with van der Waals surface area (Å²) in [7, 11) is 0. The Balaban J connectivity index is 1.62. The van der Waals surface area contributed by atoms with Crippen LogP contribution in [0.1, 0.15) is 117 Å². The second-order valence-electron chi connectivity index (χ2n) is 10.6. The molecule has 37 heavy (non-hydrogen) atoms. The number of rotatable bonds is 20. The molecule has 0 aliphatic carbocycles. The van der Waals surface area contributed by atoms with E-state index in [1.54, 1.807) is 6.07 Å². The molecule has 204 valence electrons. The number of aromatic nitrogens is 1. The number of unbranched alkanes of at least 4 members (excludes halogenated alkanes) is 14. The number of hydrogen-bond acceptors (Lipinski definition) is 3. The van der Waals surface area contributed by atoms with Crippen molar-refractivity contribution in [3.8, 4) is 5.75 Å². The van der Waals surface area contributed by atoms with Crippen LogP contribution in [0.5, 0.6) is 5.75 Å². The number of nitro groups is 1. The molecule has 0 N–H and O–H groups in total. The predicted octanol–water partition coefficient (Wildman–Crippen LogP) is 10.4. The minimum absolute atomic E-state index is 0.0713. The fraction of sp³-hybridized carbons (Fsp3) is 0.625. The highest BCUT2D eigenvalue weighted by atomic mass is 16.6. The van der Waals surface area contributed by atoms with Crippen molar-refractivity contribution in [2.45, 2.75) is 123 Å². The summed E-state index contributed by atoms with van der Waals surface area (Å²) in [6.07, 6.45) is 20.0. The molecule has 0 atom stereocenters. The van der Waals surface area contributed by atoms with Gasteiger partial charge in [0, 0.05) is 35.0 Å². The molecule has 0 fully saturated rings. The standard InChI is InChI=1S/C32H48N2O3/c1-3-5-7-9-11-12-13-14-16-20-24-37-32-26-30-28(25-31(32)34(35)36)27-21-17-18-22-29(27)33(30)23-19-15-10-8-6-4-2/h17-18,21-22,25-26H,3-16,19-20,23-24H2,1-2H3. The van der Waals surface area contributed by atoms with Gasteiger partial charge in [0.25, 0.3) is 0 Å². The number of benzene rings is 2. The number of hydrogen-bond donors (Lipinski definition) is 0. The third-order valence-electron chi connectivity index (χ3n) is 7.54. The van der Waals surface area contributed by atoms with Crippen molar-refractivity contribution in [3.05, 3.63) is 46.5 Å². The van der Waals surface area contributed by atoms with Crippen molar-refractivity contribution >= 4 is 27.5 Å². The highest BCUT2D eigenvalue weighted by molar-refractivity contribution is 6.09. The summed E-state index contributed by atoms with van der Waals surface area (Å²) in [5, 5.41) is 13.9. The molecule has 5 nitrogen and oxygen atoms in total. The second-order valence-corrected chi connectivity index (χ2v) is 10.6. The van der Waals surface area contributed by atoms with Gasteiger partial charge >= 0.3 is 5.69 Å². The van der Waals surface area contributed by atoms with Gasteiger partial charge in [-0.1, -0.05) is 122 Å². The molecule has 0 aliphatic heterocycles. The van der Waals surface area contributed by atoms with Crippen LogP contribution in [0.4, 0.5) is 5.69 Å². The van der Waals surface area contributed by atoms with Crippen LogP contribution in [0.25, 0.3) is 21.8 Å². The van der Waals surface area contributed by atoms with Crippen molar-refractivity contribution in [2.75, 3.05) is 6.61 Å². The minimum Gasteiger partial charge on any atom is -0.487 e. The Hall–Kier alpha value is -2.56. The Morgan fingerprint density at radius 2 is 1.27 bits per heavy atom. The largest absolute Gasteiger partial charge is 0.487 e. The van der Waals surface area contributed by atoms with Crippen LogP contribution in [0.3, 0.4) is 0 Å². The van der Waals surface area contributed by atoms with Gasteiger partial charge in [-0.2, -0.15) is 0 Å². The molecule has 0 aliphatic rings. The SMILES string of the molecule is CCCCCCCCCCCCOc1cc2c(cc1[N+](=O)[O-])c1ccccc1n2CCCCCCCC. The number of ether oxygens (including phenoxy) is 1. The normalized spacial score (nSPS) is 11.5. The summed E-state index contributed by atoms with van der Waals surface area (Å²) >= 11 is 0. The topological polar surface area (TPSA) is 57.3 Å². The monoisotopic (exact) mass is 508 g/mol. The van der Waals surface area contributed by atoms with Gasteiger partial charge in [0.05, 0.1) is 17.0 Å². The van der Waals surface area contributed by atoms with Crippen molar-refractivity contribution < 1.29 is 9.66 Å². The summed E-state index contributed by atoms with van der Waals surface area (Å²) < 4.78 is 8.38. The molecule has 0 saturated heterocycles. The maximum Gasteiger partial charge on any atom is 0.311 e. The predicted molar refractivity (Wildman–Crippen MR) is 157 cm³/mol. The first-order valence-corrected chi connectivity index (χ1v) is 15.0. The summed E-state index contributed by atoms with van der Waals surface area (Å²) in [4.78, 5) is 11.6. The number of aryl methyl sites for hydroxylation is 1. The van der Waals surface area contributed by atoms with Crippen LogP contribution in [-0.4, -0.2) is 16.1 Å². The fourth-order valence-corrected chi connectivity index (χ4v) is 5.38. The van der Waals surface area contributed by atoms with E-state index < -0.39 is 0 Å². The number of nitrogens with zero attached hydrogens (tertiary/aromatic N) is 2. The Bertz CT molecular complexity index is 1090. The molecule has 0 unspecified atom stereocenters. The quantitative estimate of drug-likeness (QED) is 0.0866. The van der Waals surface area contributed by atoms with E-state index in [0.29, 0.717) is 12.4 Å². The van der Waals surface area contributed by atoms with Crippen molar-refractivity contribution in [3.63, 3.8) is 0 Å². The molecule has 0 saturated carbocycles. The Labute approximate surface area is 223 Å². The van der Waals surface area contributed by atoms with Gasteiger partial charge in [0.2, 0.25) is 0 Å². The minimum atomic E-state index is -0.298. The molecule has 3 aromatic rings. The molecule has 1 heterocycles. The number of nitro benzene ring substituents is 1. The molecule has 0 amide bonds. The van der Waals surface area contributed by atoms with E-state index in [2.05, 4.69) is 36.6 Å². The molecule has 0 bridgehead atoms. The molecular weight excluding hydrogens is 460 g/mol. The maximum absolute atomic E-state index is 11.9. The lowest BCUT2D eigenvalue weighted by Crippen LogP contribution is -2.02. The van der Waals surface area contributed by atoms with E-state index >= 15 is 0 Å². The smallest absolute Gasteiger partial charge is 0.311 e. The van der Waals surface area contributed by atoms with E-state index in [0.717, 1.165) is 47.6 Å². The Morgan fingerprint density at radius 3 is 1.89 bits per heavy atom. The van der Waals surface area contributed by atoms with Crippen LogP contribution in [0.2, 0.25) is 0 Å². The first-order valence-electron chi connectivity index (χ1n) is 15.0. The van der Waals surface area contributed by atoms with E-state index in [4.69, 9.17) is 4.74 Å². The van der Waals surface area contributed by atoms with Crippen molar-refractivity contribution in [1.82, 2.24) is 4.57 Å². The van der Waals surface area contributed by atoms with Crippen LogP contribution >= 0.6 is 0 Å². The summed E-state index contributed by atoms with van der Waals surface area (Å²) in [6, 6.07) is 11.9. The Morgan fingerprint density at radius 1 is 0.703 bits per heavy atom. The van der Waals surface area contributed by atoms with Gasteiger partial charge in [-0.25, -0.2) is 0 Å². The van der Waals surface area contributed by atoms with E-state index in [1.807, 2.05) is 12.1 Å². The zero-order chi connectivity index (χ0) is 26.3. The van der Waals surface area contributed by atoms with Crippen molar-refractivity contribution in [1.29, 1.82) is 0 Å². The Kier molecular flexibility index (Phi) is 12.8. The molecule has 0 spiro atoms. The highest BCUT2D eigenvalue weighted by Gasteiger charge is 2.21. The summed E-state index contributed by atoms with van der Waals surface area (Å²) in [5.41, 5.74) is 2.26. The van der Waals surface area contributed by atoms with Gasteiger partial charge < -0.3 is 9.30 Å². The van der Waals surface area contributed by atoms with E-state index in [9.17, 15) is 10.1 Å². The van der Waals surface area contributed by atoms with Crippen LogP contribution in [0.15, 0.2) is 36.4 Å². The second kappa shape index (κ2) is 16.3. The van der Waals surface area contributed by atoms with Gasteiger partial charge in [-0.3, -0.25) is 10.1 Å². The van der Waals surface area contributed by atoms with E-state index in [-0.39, 0.29) is 10.6 Å². The zero-order valence-corrected chi connectivity index (χ0v) is 23.3. The van der Waals surface area contributed by atoms with Gasteiger partial charge in [0.15, 0.2) is 5.75 Å². The number of fused-ring (bicyclic) bond motifs is 3. The zero-order valence-electron chi connectivity index (χ0n) is 23.3. The average molecular weight is 509 g/mol. The molecule has 3 rings (SSSR count). The third kappa shape index (κ3) is 8.76. The first kappa shape index (κ1) is 29.0. The van der Waals surface area contributed by atoms with Gasteiger partial charge in [-0.15, -0.1) is 0 Å². The van der Waals surface area contributed by atoms with Gasteiger partial charge in [0.1, 0.15) is 0 Å². The molecule has 2 aromatic carbocycles. The third-order valence-corrected chi connectivity index (χ3v) is 7.54. The lowest BCUT2D eigenvalue weighted by atomic mass is 10.1. The maximum atomic E-state index is 11.9. The van der Waals surface area contributed by atoms with E-state index in [1.165, 1.54) is 83.5 Å². The molecule has 0 radical (unpaired) electrons. The van der Waals surface area contributed by atoms with Crippen LogP contribution in [-0.2, 0) is 6.54 Å². The van der Waals surface area contributed by atoms with Crippen LogP contribution in [0, 0.1) is 10.1 Å². The lowest BCUT2D eigenvalue weighted by Gasteiger charge is -2.10. The highest BCUT2D eigenvalue weighted by Crippen LogP contribution is 2.38. The van der Waals surface area contributed by atoms with Crippen LogP contribution < -0.4 is 4.74 Å². The first-order chi connectivity index (χ1) is 18.2. The van der Waals surface area contributed by atoms with Crippen molar-refractivity contribution in [2.24, 2.45) is 0 Å². The van der Waals surface area contributed by atoms with Gasteiger partial charge in [-0.05, 0) is 18.9 Å². The molecule has 5 heteroatoms. The lowest BCUT2D eigenvalue weighted by molar-refractivity contribution is -0.385. The molecule has 1 aromatic heterocycles. The average Bonchev–Trinajstić information content (AvgIpc) is 3.21. The summed E-state index contributed by atoms with van der Waals surface area (Å²) in [6.45, 7) is 5.95.